The summed E-state index contributed by atoms with van der Waals surface area (Å²) in [7, 11) is 0. The predicted octanol–water partition coefficient (Wildman–Crippen LogP) is 2.70. The molecule has 0 aliphatic heterocycles. The Morgan fingerprint density at radius 2 is 2.15 bits per heavy atom. The first-order valence-corrected chi connectivity index (χ1v) is 8.03. The predicted molar refractivity (Wildman–Crippen MR) is 79.1 cm³/mol. The van der Waals surface area contributed by atoms with E-state index in [1.807, 2.05) is 13.0 Å². The summed E-state index contributed by atoms with van der Waals surface area (Å²) in [6.07, 6.45) is 4.61. The van der Waals surface area contributed by atoms with E-state index < -0.39 is 6.10 Å². The maximum absolute atomic E-state index is 12.1. The number of fused-ring (bicyclic) bond motifs is 1. The number of amides is 1. The Morgan fingerprint density at radius 1 is 1.40 bits per heavy atom. The first-order chi connectivity index (χ1) is 9.61. The molecule has 1 atom stereocenters. The lowest BCUT2D eigenvalue weighted by Gasteiger charge is -2.12. The second kappa shape index (κ2) is 6.88. The molecular weight excluding hydrogens is 274 g/mol. The summed E-state index contributed by atoms with van der Waals surface area (Å²) in [4.78, 5) is 25.7. The molecule has 0 spiro atoms. The van der Waals surface area contributed by atoms with Gasteiger partial charge in [-0.15, -0.1) is 11.3 Å². The number of ether oxygens (including phenoxy) is 1. The van der Waals surface area contributed by atoms with Crippen molar-refractivity contribution >= 4 is 23.2 Å². The van der Waals surface area contributed by atoms with E-state index in [0.29, 0.717) is 11.4 Å². The van der Waals surface area contributed by atoms with Gasteiger partial charge < -0.3 is 10.1 Å². The first kappa shape index (κ1) is 15.0. The Morgan fingerprint density at radius 3 is 2.85 bits per heavy atom. The third-order valence-electron chi connectivity index (χ3n) is 3.40. The fraction of sp³-hybridized carbons (Fsp3) is 0.600. The van der Waals surface area contributed by atoms with E-state index in [4.69, 9.17) is 4.74 Å². The van der Waals surface area contributed by atoms with Gasteiger partial charge in [0.25, 0.3) is 5.91 Å². The topological polar surface area (TPSA) is 55.4 Å². The smallest absolute Gasteiger partial charge is 0.349 e. The Labute approximate surface area is 123 Å². The molecule has 0 unspecified atom stereocenters. The van der Waals surface area contributed by atoms with Crippen molar-refractivity contribution in [3.05, 3.63) is 21.4 Å². The molecule has 0 radical (unpaired) electrons. The summed E-state index contributed by atoms with van der Waals surface area (Å²) in [5.41, 5.74) is 1.27. The molecule has 4 nitrogen and oxygen atoms in total. The fourth-order valence-electron chi connectivity index (χ4n) is 2.26. The SMILES string of the molecule is CCCNC(=O)[C@@H](C)OC(=O)c1cc2c(s1)CCCC2. The third-order valence-corrected chi connectivity index (χ3v) is 4.62. The summed E-state index contributed by atoms with van der Waals surface area (Å²) in [6.45, 7) is 4.19. The van der Waals surface area contributed by atoms with Crippen molar-refractivity contribution in [3.8, 4) is 0 Å². The van der Waals surface area contributed by atoms with Crippen LogP contribution in [0.1, 0.15) is 53.2 Å². The molecule has 1 heterocycles. The Hall–Kier alpha value is -1.36. The van der Waals surface area contributed by atoms with Gasteiger partial charge in [0.2, 0.25) is 0 Å². The van der Waals surface area contributed by atoms with Gasteiger partial charge in [0.1, 0.15) is 4.88 Å². The van der Waals surface area contributed by atoms with Crippen LogP contribution in [0.25, 0.3) is 0 Å². The highest BCUT2D eigenvalue weighted by atomic mass is 32.1. The molecule has 0 saturated heterocycles. The van der Waals surface area contributed by atoms with Crippen molar-refractivity contribution in [2.75, 3.05) is 6.54 Å². The number of hydrogen-bond acceptors (Lipinski definition) is 4. The number of nitrogens with one attached hydrogen (secondary N) is 1. The van der Waals surface area contributed by atoms with E-state index in [0.717, 1.165) is 19.3 Å². The van der Waals surface area contributed by atoms with Crippen LogP contribution in [0.5, 0.6) is 0 Å². The van der Waals surface area contributed by atoms with Crippen LogP contribution in [0.15, 0.2) is 6.07 Å². The van der Waals surface area contributed by atoms with Gasteiger partial charge in [-0.05, 0) is 50.7 Å². The van der Waals surface area contributed by atoms with Crippen molar-refractivity contribution in [1.29, 1.82) is 0 Å². The average Bonchev–Trinajstić information content (AvgIpc) is 2.88. The van der Waals surface area contributed by atoms with E-state index >= 15 is 0 Å². The highest BCUT2D eigenvalue weighted by Gasteiger charge is 2.22. The van der Waals surface area contributed by atoms with Crippen molar-refractivity contribution in [2.45, 2.75) is 52.1 Å². The van der Waals surface area contributed by atoms with Gasteiger partial charge in [0, 0.05) is 11.4 Å². The van der Waals surface area contributed by atoms with Crippen LogP contribution in [0.3, 0.4) is 0 Å². The highest BCUT2D eigenvalue weighted by molar-refractivity contribution is 7.14. The van der Waals surface area contributed by atoms with Gasteiger partial charge >= 0.3 is 5.97 Å². The largest absolute Gasteiger partial charge is 0.448 e. The second-order valence-corrected chi connectivity index (χ2v) is 6.24. The van der Waals surface area contributed by atoms with Crippen molar-refractivity contribution in [3.63, 3.8) is 0 Å². The Kier molecular flexibility index (Phi) is 5.17. The number of aryl methyl sites for hydroxylation is 2. The fourth-order valence-corrected chi connectivity index (χ4v) is 3.39. The monoisotopic (exact) mass is 295 g/mol. The molecule has 20 heavy (non-hydrogen) atoms. The van der Waals surface area contributed by atoms with E-state index in [1.165, 1.54) is 34.6 Å². The summed E-state index contributed by atoms with van der Waals surface area (Å²) in [5, 5.41) is 2.73. The van der Waals surface area contributed by atoms with E-state index in [-0.39, 0.29) is 11.9 Å². The zero-order chi connectivity index (χ0) is 14.5. The minimum absolute atomic E-state index is 0.235. The molecule has 110 valence electrons. The number of rotatable bonds is 5. The lowest BCUT2D eigenvalue weighted by molar-refractivity contribution is -0.129. The van der Waals surface area contributed by atoms with Crippen LogP contribution < -0.4 is 5.32 Å². The van der Waals surface area contributed by atoms with Gasteiger partial charge in [-0.3, -0.25) is 4.79 Å². The molecule has 0 fully saturated rings. The van der Waals surface area contributed by atoms with E-state index in [2.05, 4.69) is 5.32 Å². The second-order valence-electron chi connectivity index (χ2n) is 5.10. The van der Waals surface area contributed by atoms with Crippen LogP contribution in [-0.4, -0.2) is 24.5 Å². The molecule has 1 aromatic heterocycles. The summed E-state index contributed by atoms with van der Waals surface area (Å²) >= 11 is 1.51. The molecule has 2 rings (SSSR count). The number of carbonyl (C=O) groups is 2. The molecule has 0 saturated carbocycles. The third kappa shape index (κ3) is 3.60. The van der Waals surface area contributed by atoms with Gasteiger partial charge in [0.05, 0.1) is 0 Å². The zero-order valence-electron chi connectivity index (χ0n) is 12.0. The maximum Gasteiger partial charge on any atom is 0.349 e. The van der Waals surface area contributed by atoms with Crippen LogP contribution in [0, 0.1) is 0 Å². The normalized spacial score (nSPS) is 15.3. The van der Waals surface area contributed by atoms with Crippen molar-refractivity contribution in [2.24, 2.45) is 0 Å². The number of hydrogen-bond donors (Lipinski definition) is 1. The lowest BCUT2D eigenvalue weighted by Crippen LogP contribution is -2.36. The lowest BCUT2D eigenvalue weighted by atomic mass is 9.99. The minimum Gasteiger partial charge on any atom is -0.448 e. The standard InChI is InChI=1S/C15H21NO3S/c1-3-8-16-14(17)10(2)19-15(18)13-9-11-6-4-5-7-12(11)20-13/h9-10H,3-8H2,1-2H3,(H,16,17)/t10-/m1/s1. The van der Waals surface area contributed by atoms with Crippen LogP contribution in [0.2, 0.25) is 0 Å². The van der Waals surface area contributed by atoms with Crippen molar-refractivity contribution < 1.29 is 14.3 Å². The van der Waals surface area contributed by atoms with Gasteiger partial charge in [-0.2, -0.15) is 0 Å². The summed E-state index contributed by atoms with van der Waals surface area (Å²) in [6, 6.07) is 1.93. The molecule has 1 amide bonds. The number of carbonyl (C=O) groups excluding carboxylic acids is 2. The Balaban J connectivity index is 1.94. The van der Waals surface area contributed by atoms with Gasteiger partial charge in [-0.25, -0.2) is 4.79 Å². The van der Waals surface area contributed by atoms with E-state index in [1.54, 1.807) is 6.92 Å². The molecule has 5 heteroatoms. The van der Waals surface area contributed by atoms with E-state index in [9.17, 15) is 9.59 Å². The molecule has 1 N–H and O–H groups in total. The van der Waals surface area contributed by atoms with Crippen LogP contribution in [-0.2, 0) is 22.4 Å². The van der Waals surface area contributed by atoms with Gasteiger partial charge in [0.15, 0.2) is 6.10 Å². The first-order valence-electron chi connectivity index (χ1n) is 7.22. The quantitative estimate of drug-likeness (QED) is 0.850. The van der Waals surface area contributed by atoms with Crippen LogP contribution in [0.4, 0.5) is 0 Å². The molecule has 1 aliphatic rings. The number of thiophene rings is 1. The molecule has 1 aromatic rings. The maximum atomic E-state index is 12.1. The van der Waals surface area contributed by atoms with Crippen molar-refractivity contribution in [1.82, 2.24) is 5.32 Å². The van der Waals surface area contributed by atoms with Crippen LogP contribution >= 0.6 is 11.3 Å². The zero-order valence-corrected chi connectivity index (χ0v) is 12.8. The Bertz CT molecular complexity index is 472. The molecule has 0 bridgehead atoms. The summed E-state index contributed by atoms with van der Waals surface area (Å²) < 4.78 is 5.23. The minimum atomic E-state index is -0.742. The molecule has 0 aromatic carbocycles. The average molecular weight is 295 g/mol. The molecule has 1 aliphatic carbocycles. The number of esters is 1. The van der Waals surface area contributed by atoms with Gasteiger partial charge in [-0.1, -0.05) is 6.92 Å². The summed E-state index contributed by atoms with van der Waals surface area (Å²) in [5.74, 6) is -0.620. The molecular formula is C15H21NO3S. The highest BCUT2D eigenvalue weighted by Crippen LogP contribution is 2.30.